The van der Waals surface area contributed by atoms with Gasteiger partial charge in [-0.1, -0.05) is 12.1 Å². The molecule has 0 spiro atoms. The molecule has 1 unspecified atom stereocenters. The summed E-state index contributed by atoms with van der Waals surface area (Å²) in [7, 11) is 3.87. The van der Waals surface area contributed by atoms with Crippen molar-refractivity contribution in [2.45, 2.75) is 26.4 Å². The number of piperazine rings is 1. The van der Waals surface area contributed by atoms with Gasteiger partial charge >= 0.3 is 0 Å². The summed E-state index contributed by atoms with van der Waals surface area (Å²) in [5, 5.41) is 6.94. The molecule has 3 aromatic heterocycles. The zero-order valence-electron chi connectivity index (χ0n) is 27.6. The first-order valence-corrected chi connectivity index (χ1v) is 16.0. The van der Waals surface area contributed by atoms with Crippen molar-refractivity contribution in [2.24, 2.45) is 10.7 Å². The third-order valence-corrected chi connectivity index (χ3v) is 8.55. The molecule has 1 aromatic carbocycles. The Morgan fingerprint density at radius 2 is 2.00 bits per heavy atom. The number of likely N-dealkylation sites (tertiary alicyclic amines) is 1. The smallest absolute Gasteiger partial charge is 0.255 e. The molecule has 1 amide bonds. The lowest BCUT2D eigenvalue weighted by Gasteiger charge is -2.32. The Labute approximate surface area is 278 Å². The first-order valence-electron chi connectivity index (χ1n) is 16.0. The van der Waals surface area contributed by atoms with E-state index in [0.717, 1.165) is 53.9 Å². The number of nitrogens with two attached hydrogens (primary N) is 1. The molecule has 0 saturated carbocycles. The largest absolute Gasteiger partial charge is 0.471 e. The van der Waals surface area contributed by atoms with Crippen LogP contribution in [0.15, 0.2) is 53.6 Å². The second-order valence-corrected chi connectivity index (χ2v) is 12.2. The van der Waals surface area contributed by atoms with Crippen molar-refractivity contribution in [2.75, 3.05) is 70.1 Å². The van der Waals surface area contributed by atoms with Gasteiger partial charge in [0.15, 0.2) is 0 Å². The molecule has 2 aliphatic heterocycles. The van der Waals surface area contributed by atoms with Gasteiger partial charge in [0.1, 0.15) is 11.9 Å². The van der Waals surface area contributed by atoms with Crippen LogP contribution in [0.3, 0.4) is 0 Å². The number of carbonyl (C=O) groups excluding carboxylic acids is 1. The number of fused-ring (bicyclic) bond motifs is 1. The summed E-state index contributed by atoms with van der Waals surface area (Å²) < 4.78 is 20.6. The van der Waals surface area contributed by atoms with E-state index < -0.39 is 5.82 Å². The molecule has 1 atom stereocenters. The normalized spacial score (nSPS) is 18.0. The number of likely N-dealkylation sites (N-methyl/N-ethyl adjacent to an activating group) is 1. The fourth-order valence-corrected chi connectivity index (χ4v) is 5.83. The van der Waals surface area contributed by atoms with Crippen LogP contribution in [-0.2, 0) is 4.79 Å². The molecule has 14 nitrogen and oxygen atoms in total. The number of hydrogen-bond acceptors (Lipinski definition) is 11. The van der Waals surface area contributed by atoms with E-state index in [1.165, 1.54) is 6.20 Å². The van der Waals surface area contributed by atoms with Gasteiger partial charge in [0, 0.05) is 75.4 Å². The second kappa shape index (κ2) is 14.3. The first kappa shape index (κ1) is 32.8. The summed E-state index contributed by atoms with van der Waals surface area (Å²) in [5.41, 5.74) is 10.8. The topological polar surface area (TPSA) is 166 Å². The number of anilines is 2. The van der Waals surface area contributed by atoms with Gasteiger partial charge < -0.3 is 35.9 Å². The molecule has 48 heavy (non-hydrogen) atoms. The van der Waals surface area contributed by atoms with Crippen LogP contribution in [0.25, 0.3) is 22.2 Å². The number of allylic oxidation sites excluding steroid dienone is 1. The highest BCUT2D eigenvalue weighted by molar-refractivity contribution is 6.06. The van der Waals surface area contributed by atoms with Gasteiger partial charge in [-0.15, -0.1) is 0 Å². The Bertz CT molecular complexity index is 1850. The van der Waals surface area contributed by atoms with Crippen LogP contribution < -0.4 is 26.0 Å². The lowest BCUT2D eigenvalue weighted by molar-refractivity contribution is -0.117. The lowest BCUT2D eigenvalue weighted by atomic mass is 10.1. The fraction of sp³-hybridized carbons (Fsp3) is 0.394. The molecule has 0 radical (unpaired) electrons. The maximum Gasteiger partial charge on any atom is 0.255 e. The number of para-hydroxylation sites is 1. The molecule has 2 fully saturated rings. The monoisotopic (exact) mass is 656 g/mol. The van der Waals surface area contributed by atoms with Crippen molar-refractivity contribution in [1.82, 2.24) is 40.0 Å². The minimum Gasteiger partial charge on any atom is -0.471 e. The van der Waals surface area contributed by atoms with Crippen LogP contribution in [0.1, 0.15) is 18.9 Å². The van der Waals surface area contributed by atoms with Crippen LogP contribution in [0.5, 0.6) is 5.88 Å². The van der Waals surface area contributed by atoms with Gasteiger partial charge in [-0.3, -0.25) is 9.69 Å². The summed E-state index contributed by atoms with van der Waals surface area (Å²) in [4.78, 5) is 44.7. The molecule has 5 heterocycles. The van der Waals surface area contributed by atoms with Crippen LogP contribution in [0.4, 0.5) is 22.0 Å². The number of aliphatic imine (C=N–C) groups is 1. The van der Waals surface area contributed by atoms with E-state index in [0.29, 0.717) is 36.8 Å². The number of ether oxygens (including phenoxy) is 1. The highest BCUT2D eigenvalue weighted by atomic mass is 19.1. The highest BCUT2D eigenvalue weighted by Crippen LogP contribution is 2.33. The number of H-pyrrole nitrogens is 1. The second-order valence-electron chi connectivity index (χ2n) is 12.2. The Hall–Kier alpha value is -5.15. The Morgan fingerprint density at radius 3 is 2.79 bits per heavy atom. The highest BCUT2D eigenvalue weighted by Gasteiger charge is 2.28. The molecule has 6 rings (SSSR count). The van der Waals surface area contributed by atoms with Crippen molar-refractivity contribution in [3.8, 4) is 17.1 Å². The molecule has 2 aliphatic rings. The van der Waals surface area contributed by atoms with Gasteiger partial charge in [-0.25, -0.2) is 15.0 Å². The molecule has 252 valence electrons. The number of hydrogen-bond donors (Lipinski definition) is 4. The van der Waals surface area contributed by atoms with E-state index in [1.54, 1.807) is 19.3 Å². The minimum absolute atomic E-state index is 0.0495. The molecule has 15 heteroatoms. The van der Waals surface area contributed by atoms with Crippen LogP contribution >= 0.6 is 0 Å². The van der Waals surface area contributed by atoms with Gasteiger partial charge in [0.2, 0.25) is 17.7 Å². The van der Waals surface area contributed by atoms with Crippen molar-refractivity contribution in [1.29, 1.82) is 0 Å². The average molecular weight is 657 g/mol. The maximum atomic E-state index is 14.6. The zero-order valence-corrected chi connectivity index (χ0v) is 27.6. The molecular weight excluding hydrogens is 615 g/mol. The third kappa shape index (κ3) is 7.52. The van der Waals surface area contributed by atoms with Gasteiger partial charge in [-0.05, 0) is 45.0 Å². The van der Waals surface area contributed by atoms with E-state index in [9.17, 15) is 9.18 Å². The summed E-state index contributed by atoms with van der Waals surface area (Å²) >= 11 is 0. The summed E-state index contributed by atoms with van der Waals surface area (Å²) in [5.74, 6) is 0.193. The predicted octanol–water partition coefficient (Wildman–Crippen LogP) is 2.82. The number of aryl methyl sites for hydroxylation is 1. The number of amides is 1. The number of amidine groups is 1. The Morgan fingerprint density at radius 1 is 1.19 bits per heavy atom. The van der Waals surface area contributed by atoms with E-state index >= 15 is 0 Å². The number of carbonyl (C=O) groups is 1. The number of aromatic amines is 1. The van der Waals surface area contributed by atoms with E-state index in [4.69, 9.17) is 10.5 Å². The predicted molar refractivity (Wildman–Crippen MR) is 184 cm³/mol. The molecule has 5 N–H and O–H groups in total. The Balaban J connectivity index is 1.10. The molecular formula is C33H41FN12O2. The van der Waals surface area contributed by atoms with Crippen molar-refractivity contribution >= 4 is 40.2 Å². The summed E-state index contributed by atoms with van der Waals surface area (Å²) in [6.07, 6.45) is 6.82. The molecule has 0 bridgehead atoms. The number of aromatic nitrogens is 5. The van der Waals surface area contributed by atoms with E-state index in [2.05, 4.69) is 52.5 Å². The maximum absolute atomic E-state index is 14.6. The van der Waals surface area contributed by atoms with Crippen molar-refractivity contribution < 1.29 is 13.9 Å². The quantitative estimate of drug-likeness (QED) is 0.147. The molecule has 4 aromatic rings. The molecule has 0 aliphatic carbocycles. The summed E-state index contributed by atoms with van der Waals surface area (Å²) in [6, 6.07) is 5.71. The van der Waals surface area contributed by atoms with Gasteiger partial charge in [0.05, 0.1) is 29.6 Å². The van der Waals surface area contributed by atoms with Gasteiger partial charge in [-0.2, -0.15) is 14.4 Å². The van der Waals surface area contributed by atoms with Gasteiger partial charge in [0.25, 0.3) is 11.8 Å². The Kier molecular flexibility index (Phi) is 9.77. The SMILES string of the molecule is CN/C(C)=C\C(N)=N/c1ncc(C)c(-c2c[nH]c3c(NC(=O)CN4CCC(Oc5nc(N6CCN(C)CC6)ncc5F)C4)cccc23)n1. The lowest BCUT2D eigenvalue weighted by Crippen LogP contribution is -2.45. The molecule has 2 saturated heterocycles. The van der Waals surface area contributed by atoms with Crippen LogP contribution in [-0.4, -0.2) is 112 Å². The van der Waals surface area contributed by atoms with Crippen molar-refractivity contribution in [3.63, 3.8) is 0 Å². The first-order chi connectivity index (χ1) is 23.2. The number of nitrogens with one attached hydrogen (secondary N) is 3. The van der Waals surface area contributed by atoms with Crippen molar-refractivity contribution in [3.05, 3.63) is 59.9 Å². The fourth-order valence-electron chi connectivity index (χ4n) is 5.83. The standard InChI is InChI=1S/C33H41FN12O2/c1-20-15-38-32(41-27(35)14-21(2)36-3)42-29(20)24-16-37-30-23(24)6-5-7-26(30)40-28(47)19-45-9-8-22(18-45)48-31-25(34)17-39-33(43-31)46-12-10-44(4)11-13-46/h5-7,14-17,22,36-37H,8-13,18-19H2,1-4H3,(H,40,47)(H2,35,38,41,42)/b21-14-. The number of benzene rings is 1. The summed E-state index contributed by atoms with van der Waals surface area (Å²) in [6.45, 7) is 8.41. The van der Waals surface area contributed by atoms with Crippen LogP contribution in [0.2, 0.25) is 0 Å². The van der Waals surface area contributed by atoms with Crippen LogP contribution in [0, 0.1) is 12.7 Å². The van der Waals surface area contributed by atoms with E-state index in [-0.39, 0.29) is 36.2 Å². The van der Waals surface area contributed by atoms with E-state index in [1.807, 2.05) is 48.0 Å². The number of nitrogens with zero attached hydrogens (tertiary/aromatic N) is 8. The third-order valence-electron chi connectivity index (χ3n) is 8.55. The zero-order chi connectivity index (χ0) is 33.8. The average Bonchev–Trinajstić information content (AvgIpc) is 3.70. The number of halogens is 1. The number of rotatable bonds is 10. The minimum atomic E-state index is -0.593.